The van der Waals surface area contributed by atoms with Crippen molar-refractivity contribution in [3.8, 4) is 0 Å². The first kappa shape index (κ1) is 15.2. The summed E-state index contributed by atoms with van der Waals surface area (Å²) in [6.45, 7) is 7.70. The zero-order valence-electron chi connectivity index (χ0n) is 12.8. The third kappa shape index (κ3) is 4.17. The normalized spacial score (nSPS) is 11.4. The second-order valence-corrected chi connectivity index (χ2v) is 6.72. The van der Waals surface area contributed by atoms with Crippen molar-refractivity contribution in [2.24, 2.45) is 5.92 Å². The van der Waals surface area contributed by atoms with Gasteiger partial charge in [-0.1, -0.05) is 39.5 Å². The average Bonchev–Trinajstić information content (AvgIpc) is 2.80. The summed E-state index contributed by atoms with van der Waals surface area (Å²) in [4.78, 5) is 8.71. The maximum Gasteiger partial charge on any atom is 0.147 e. The first-order valence-corrected chi connectivity index (χ1v) is 8.49. The van der Waals surface area contributed by atoms with E-state index < -0.39 is 0 Å². The van der Waals surface area contributed by atoms with Gasteiger partial charge < -0.3 is 5.32 Å². The van der Waals surface area contributed by atoms with E-state index in [9.17, 15) is 0 Å². The molecule has 3 nitrogen and oxygen atoms in total. The number of hydrogen-bond donors (Lipinski definition) is 1. The molecule has 0 bridgehead atoms. The second kappa shape index (κ2) is 7.58. The third-order valence-corrected chi connectivity index (χ3v) is 4.63. The molecule has 2 rings (SSSR count). The molecular formula is C16H25N3S. The SMILES string of the molecule is Cc1csc2c(NCCCCCCC(C)C)ncnc12. The maximum atomic E-state index is 4.37. The van der Waals surface area contributed by atoms with Crippen molar-refractivity contribution < 1.29 is 0 Å². The summed E-state index contributed by atoms with van der Waals surface area (Å²) in [6.07, 6.45) is 8.24. The van der Waals surface area contributed by atoms with Crippen molar-refractivity contribution in [2.75, 3.05) is 11.9 Å². The van der Waals surface area contributed by atoms with Crippen LogP contribution in [-0.2, 0) is 0 Å². The molecular weight excluding hydrogens is 266 g/mol. The van der Waals surface area contributed by atoms with Gasteiger partial charge in [0.05, 0.1) is 10.2 Å². The molecule has 0 aliphatic carbocycles. The van der Waals surface area contributed by atoms with Gasteiger partial charge in [-0.2, -0.15) is 0 Å². The Bertz CT molecular complexity index is 534. The molecule has 0 aliphatic heterocycles. The standard InChI is InChI=1S/C16H25N3S/c1-12(2)8-6-4-5-7-9-17-16-15-14(18-11-19-16)13(3)10-20-15/h10-12H,4-9H2,1-3H3,(H,17,18,19). The quantitative estimate of drug-likeness (QED) is 0.694. The molecule has 0 fully saturated rings. The number of nitrogens with zero attached hydrogens (tertiary/aromatic N) is 2. The number of fused-ring (bicyclic) bond motifs is 1. The second-order valence-electron chi connectivity index (χ2n) is 5.84. The number of hydrogen-bond acceptors (Lipinski definition) is 4. The predicted octanol–water partition coefficient (Wildman–Crippen LogP) is 5.02. The zero-order chi connectivity index (χ0) is 14.4. The Hall–Kier alpha value is -1.16. The maximum absolute atomic E-state index is 4.37. The van der Waals surface area contributed by atoms with Crippen molar-refractivity contribution in [3.05, 3.63) is 17.3 Å². The molecule has 0 radical (unpaired) electrons. The fourth-order valence-corrected chi connectivity index (χ4v) is 3.30. The number of nitrogens with one attached hydrogen (secondary N) is 1. The first-order valence-electron chi connectivity index (χ1n) is 7.61. The van der Waals surface area contributed by atoms with Crippen molar-refractivity contribution in [3.63, 3.8) is 0 Å². The van der Waals surface area contributed by atoms with Gasteiger partial charge in [0.2, 0.25) is 0 Å². The summed E-state index contributed by atoms with van der Waals surface area (Å²) in [6, 6.07) is 0. The van der Waals surface area contributed by atoms with E-state index in [4.69, 9.17) is 0 Å². The lowest BCUT2D eigenvalue weighted by molar-refractivity contribution is 0.523. The largest absolute Gasteiger partial charge is 0.369 e. The average molecular weight is 291 g/mol. The van der Waals surface area contributed by atoms with Crippen LogP contribution in [0.5, 0.6) is 0 Å². The Morgan fingerprint density at radius 1 is 1.15 bits per heavy atom. The molecule has 20 heavy (non-hydrogen) atoms. The Morgan fingerprint density at radius 2 is 1.95 bits per heavy atom. The minimum Gasteiger partial charge on any atom is -0.369 e. The van der Waals surface area contributed by atoms with Crippen LogP contribution >= 0.6 is 11.3 Å². The fraction of sp³-hybridized carbons (Fsp3) is 0.625. The molecule has 0 aromatic carbocycles. The molecule has 0 amide bonds. The molecule has 0 atom stereocenters. The highest BCUT2D eigenvalue weighted by Crippen LogP contribution is 2.28. The topological polar surface area (TPSA) is 37.8 Å². The number of anilines is 1. The van der Waals surface area contributed by atoms with Crippen LogP contribution < -0.4 is 5.32 Å². The summed E-state index contributed by atoms with van der Waals surface area (Å²) in [5.41, 5.74) is 2.33. The van der Waals surface area contributed by atoms with Gasteiger partial charge in [0.15, 0.2) is 0 Å². The molecule has 0 unspecified atom stereocenters. The van der Waals surface area contributed by atoms with Gasteiger partial charge in [0, 0.05) is 6.54 Å². The van der Waals surface area contributed by atoms with Crippen LogP contribution in [0.1, 0.15) is 51.5 Å². The molecule has 110 valence electrons. The number of unbranched alkanes of at least 4 members (excludes halogenated alkanes) is 3. The van der Waals surface area contributed by atoms with E-state index in [1.165, 1.54) is 42.4 Å². The van der Waals surface area contributed by atoms with E-state index in [1.54, 1.807) is 17.7 Å². The Morgan fingerprint density at radius 3 is 2.75 bits per heavy atom. The van der Waals surface area contributed by atoms with Crippen LogP contribution in [0.4, 0.5) is 5.82 Å². The van der Waals surface area contributed by atoms with Crippen LogP contribution in [0.15, 0.2) is 11.7 Å². The van der Waals surface area contributed by atoms with Gasteiger partial charge in [0.25, 0.3) is 0 Å². The van der Waals surface area contributed by atoms with Gasteiger partial charge in [-0.15, -0.1) is 11.3 Å². The zero-order valence-corrected chi connectivity index (χ0v) is 13.6. The summed E-state index contributed by atoms with van der Waals surface area (Å²) in [5, 5.41) is 5.61. The summed E-state index contributed by atoms with van der Waals surface area (Å²) < 4.78 is 1.19. The van der Waals surface area contributed by atoms with Crippen molar-refractivity contribution in [1.82, 2.24) is 9.97 Å². The lowest BCUT2D eigenvalue weighted by Gasteiger charge is -2.07. The third-order valence-electron chi connectivity index (χ3n) is 3.53. The number of aryl methyl sites for hydroxylation is 1. The lowest BCUT2D eigenvalue weighted by atomic mass is 10.0. The summed E-state index contributed by atoms with van der Waals surface area (Å²) in [5.74, 6) is 1.83. The molecule has 0 saturated carbocycles. The minimum atomic E-state index is 0.837. The van der Waals surface area contributed by atoms with Gasteiger partial charge >= 0.3 is 0 Å². The molecule has 2 heterocycles. The molecule has 1 N–H and O–H groups in total. The predicted molar refractivity (Wildman–Crippen MR) is 88.6 cm³/mol. The number of thiophene rings is 1. The lowest BCUT2D eigenvalue weighted by Crippen LogP contribution is -2.03. The van der Waals surface area contributed by atoms with Crippen LogP contribution in [0.3, 0.4) is 0 Å². The van der Waals surface area contributed by atoms with Gasteiger partial charge in [0.1, 0.15) is 12.1 Å². The van der Waals surface area contributed by atoms with Gasteiger partial charge in [-0.3, -0.25) is 0 Å². The Balaban J connectivity index is 1.73. The highest BCUT2D eigenvalue weighted by atomic mass is 32.1. The van der Waals surface area contributed by atoms with Crippen molar-refractivity contribution >= 4 is 27.4 Å². The van der Waals surface area contributed by atoms with E-state index in [0.29, 0.717) is 0 Å². The monoisotopic (exact) mass is 291 g/mol. The van der Waals surface area contributed by atoms with E-state index >= 15 is 0 Å². The molecule has 0 saturated heterocycles. The molecule has 4 heteroatoms. The smallest absolute Gasteiger partial charge is 0.147 e. The van der Waals surface area contributed by atoms with Crippen molar-refractivity contribution in [2.45, 2.75) is 52.9 Å². The summed E-state index contributed by atoms with van der Waals surface area (Å²) >= 11 is 1.73. The molecule has 2 aromatic heterocycles. The van der Waals surface area contributed by atoms with E-state index in [2.05, 4.69) is 41.4 Å². The fourth-order valence-electron chi connectivity index (χ4n) is 2.33. The van der Waals surface area contributed by atoms with Crippen LogP contribution in [0, 0.1) is 12.8 Å². The van der Waals surface area contributed by atoms with Crippen molar-refractivity contribution in [1.29, 1.82) is 0 Å². The Labute approximate surface area is 125 Å². The number of rotatable bonds is 8. The van der Waals surface area contributed by atoms with E-state index in [-0.39, 0.29) is 0 Å². The first-order chi connectivity index (χ1) is 9.68. The summed E-state index contributed by atoms with van der Waals surface area (Å²) in [7, 11) is 0. The van der Waals surface area contributed by atoms with Crippen LogP contribution in [-0.4, -0.2) is 16.5 Å². The van der Waals surface area contributed by atoms with Crippen LogP contribution in [0.2, 0.25) is 0 Å². The Kier molecular flexibility index (Phi) is 5.77. The molecule has 0 aliphatic rings. The van der Waals surface area contributed by atoms with E-state index in [1.807, 2.05) is 0 Å². The van der Waals surface area contributed by atoms with Gasteiger partial charge in [-0.05, 0) is 30.2 Å². The number of aromatic nitrogens is 2. The van der Waals surface area contributed by atoms with E-state index in [0.717, 1.165) is 23.8 Å². The molecule has 2 aromatic rings. The highest BCUT2D eigenvalue weighted by Gasteiger charge is 2.07. The highest BCUT2D eigenvalue weighted by molar-refractivity contribution is 7.18. The van der Waals surface area contributed by atoms with Crippen LogP contribution in [0.25, 0.3) is 10.2 Å². The van der Waals surface area contributed by atoms with Gasteiger partial charge in [-0.25, -0.2) is 9.97 Å². The molecule has 0 spiro atoms. The minimum absolute atomic E-state index is 0.837.